The van der Waals surface area contributed by atoms with Gasteiger partial charge in [-0.1, -0.05) is 47.5 Å². The van der Waals surface area contributed by atoms with Crippen LogP contribution in [0.15, 0.2) is 48.5 Å². The Balaban J connectivity index is 2.28. The summed E-state index contributed by atoms with van der Waals surface area (Å²) >= 11 is 12.0. The molecule has 6 nitrogen and oxygen atoms in total. The predicted octanol–water partition coefficient (Wildman–Crippen LogP) is 3.24. The van der Waals surface area contributed by atoms with E-state index in [-0.39, 0.29) is 5.02 Å². The number of halogens is 2. The van der Waals surface area contributed by atoms with Gasteiger partial charge in [-0.25, -0.2) is 4.31 Å². The maximum atomic E-state index is 12.6. The molecule has 25 heavy (non-hydrogen) atoms. The number of amides is 1. The molecule has 0 atom stereocenters. The maximum absolute atomic E-state index is 12.6. The van der Waals surface area contributed by atoms with Gasteiger partial charge in [-0.05, 0) is 24.3 Å². The van der Waals surface area contributed by atoms with E-state index in [4.69, 9.17) is 23.2 Å². The minimum absolute atomic E-state index is 0.194. The van der Waals surface area contributed by atoms with Crippen molar-refractivity contribution in [1.29, 1.82) is 0 Å². The SMILES string of the molecule is CN(C)S(=O)(=O)N(CC(=O)Nc1cccc(Cl)c1Cl)c1ccccc1. The number of rotatable bonds is 6. The summed E-state index contributed by atoms with van der Waals surface area (Å²) < 4.78 is 27.2. The second-order valence-electron chi connectivity index (χ2n) is 5.28. The van der Waals surface area contributed by atoms with Crippen molar-refractivity contribution in [2.75, 3.05) is 30.3 Å². The lowest BCUT2D eigenvalue weighted by Gasteiger charge is -2.27. The zero-order chi connectivity index (χ0) is 18.6. The third-order valence-corrected chi connectivity index (χ3v) is 5.94. The summed E-state index contributed by atoms with van der Waals surface area (Å²) in [4.78, 5) is 12.4. The highest BCUT2D eigenvalue weighted by atomic mass is 35.5. The summed E-state index contributed by atoms with van der Waals surface area (Å²) in [5.74, 6) is -0.543. The molecule has 1 amide bonds. The first-order chi connectivity index (χ1) is 11.7. The molecule has 0 aromatic heterocycles. The molecule has 0 aliphatic heterocycles. The molecule has 9 heteroatoms. The van der Waals surface area contributed by atoms with E-state index in [9.17, 15) is 13.2 Å². The quantitative estimate of drug-likeness (QED) is 0.807. The van der Waals surface area contributed by atoms with E-state index in [0.717, 1.165) is 8.61 Å². The Kier molecular flexibility index (Phi) is 6.29. The fraction of sp³-hybridized carbons (Fsp3) is 0.188. The first-order valence-electron chi connectivity index (χ1n) is 7.22. The molecule has 0 aliphatic carbocycles. The molecule has 1 N–H and O–H groups in total. The third-order valence-electron chi connectivity index (χ3n) is 3.30. The summed E-state index contributed by atoms with van der Waals surface area (Å²) in [6, 6.07) is 13.2. The van der Waals surface area contributed by atoms with Crippen LogP contribution in [0, 0.1) is 0 Å². The average molecular weight is 402 g/mol. The highest BCUT2D eigenvalue weighted by Crippen LogP contribution is 2.29. The number of nitrogens with one attached hydrogen (secondary N) is 1. The minimum atomic E-state index is -3.85. The average Bonchev–Trinajstić information content (AvgIpc) is 2.57. The standard InChI is InChI=1S/C16H17Cl2N3O3S/c1-20(2)25(23,24)21(12-7-4-3-5-8-12)11-15(22)19-14-10-6-9-13(17)16(14)18/h3-10H,11H2,1-2H3,(H,19,22). The predicted molar refractivity (Wildman–Crippen MR) is 101 cm³/mol. The Morgan fingerprint density at radius 1 is 1.04 bits per heavy atom. The number of anilines is 2. The van der Waals surface area contributed by atoms with Gasteiger partial charge in [0.25, 0.3) is 0 Å². The number of hydrogen-bond acceptors (Lipinski definition) is 3. The molecular formula is C16H17Cl2N3O3S. The van der Waals surface area contributed by atoms with Crippen molar-refractivity contribution in [3.63, 3.8) is 0 Å². The molecule has 0 fully saturated rings. The fourth-order valence-corrected chi connectivity index (χ4v) is 3.43. The monoisotopic (exact) mass is 401 g/mol. The molecule has 0 heterocycles. The van der Waals surface area contributed by atoms with E-state index < -0.39 is 22.7 Å². The van der Waals surface area contributed by atoms with Crippen LogP contribution in [-0.2, 0) is 15.0 Å². The minimum Gasteiger partial charge on any atom is -0.323 e. The molecule has 134 valence electrons. The van der Waals surface area contributed by atoms with E-state index in [1.165, 1.54) is 14.1 Å². The lowest BCUT2D eigenvalue weighted by Crippen LogP contribution is -2.44. The number of nitrogens with zero attached hydrogens (tertiary/aromatic N) is 2. The summed E-state index contributed by atoms with van der Waals surface area (Å²) in [5.41, 5.74) is 0.693. The molecule has 0 unspecified atom stereocenters. The highest BCUT2D eigenvalue weighted by Gasteiger charge is 2.27. The van der Waals surface area contributed by atoms with Crippen LogP contribution in [0.25, 0.3) is 0 Å². The fourth-order valence-electron chi connectivity index (χ4n) is 2.02. The molecule has 0 aliphatic rings. The van der Waals surface area contributed by atoms with Gasteiger partial charge in [0.05, 0.1) is 21.4 Å². The van der Waals surface area contributed by atoms with Gasteiger partial charge in [0.2, 0.25) is 5.91 Å². The van der Waals surface area contributed by atoms with Gasteiger partial charge in [0.1, 0.15) is 6.54 Å². The van der Waals surface area contributed by atoms with Crippen LogP contribution in [0.4, 0.5) is 11.4 Å². The van der Waals surface area contributed by atoms with Crippen LogP contribution >= 0.6 is 23.2 Å². The Morgan fingerprint density at radius 3 is 2.28 bits per heavy atom. The van der Waals surface area contributed by atoms with Crippen molar-refractivity contribution in [1.82, 2.24) is 4.31 Å². The van der Waals surface area contributed by atoms with Crippen molar-refractivity contribution < 1.29 is 13.2 Å². The topological polar surface area (TPSA) is 69.7 Å². The molecule has 0 bridgehead atoms. The Hall–Kier alpha value is -1.80. The second-order valence-corrected chi connectivity index (χ2v) is 8.13. The Labute approximate surface area is 157 Å². The van der Waals surface area contributed by atoms with Gasteiger partial charge in [0.15, 0.2) is 0 Å². The number of benzene rings is 2. The molecule has 0 saturated heterocycles. The largest absolute Gasteiger partial charge is 0.323 e. The van der Waals surface area contributed by atoms with E-state index in [2.05, 4.69) is 5.32 Å². The van der Waals surface area contributed by atoms with Crippen LogP contribution in [-0.4, -0.2) is 39.3 Å². The van der Waals surface area contributed by atoms with Crippen molar-refractivity contribution >= 4 is 50.7 Å². The summed E-state index contributed by atoms with van der Waals surface area (Å²) in [7, 11) is -1.05. The van der Waals surface area contributed by atoms with Crippen LogP contribution in [0.2, 0.25) is 10.0 Å². The zero-order valence-corrected chi connectivity index (χ0v) is 15.9. The molecule has 2 rings (SSSR count). The maximum Gasteiger partial charge on any atom is 0.304 e. The van der Waals surface area contributed by atoms with Crippen molar-refractivity contribution in [2.24, 2.45) is 0 Å². The van der Waals surface area contributed by atoms with Gasteiger partial charge < -0.3 is 5.32 Å². The van der Waals surface area contributed by atoms with Crippen molar-refractivity contribution in [3.8, 4) is 0 Å². The normalized spacial score (nSPS) is 11.4. The first kappa shape index (κ1) is 19.5. The summed E-state index contributed by atoms with van der Waals surface area (Å²) in [5, 5.41) is 3.07. The van der Waals surface area contributed by atoms with Crippen LogP contribution < -0.4 is 9.62 Å². The van der Waals surface area contributed by atoms with E-state index in [0.29, 0.717) is 16.4 Å². The Morgan fingerprint density at radius 2 is 1.68 bits per heavy atom. The number of para-hydroxylation sites is 1. The van der Waals surface area contributed by atoms with Crippen LogP contribution in [0.5, 0.6) is 0 Å². The van der Waals surface area contributed by atoms with Gasteiger partial charge in [-0.2, -0.15) is 12.7 Å². The molecule has 0 saturated carbocycles. The second kappa shape index (κ2) is 8.05. The molecular weight excluding hydrogens is 385 g/mol. The van der Waals surface area contributed by atoms with E-state index in [1.54, 1.807) is 48.5 Å². The lowest BCUT2D eigenvalue weighted by molar-refractivity contribution is -0.114. The number of carbonyl (C=O) groups excluding carboxylic acids is 1. The van der Waals surface area contributed by atoms with Crippen molar-refractivity contribution in [2.45, 2.75) is 0 Å². The molecule has 0 radical (unpaired) electrons. The molecule has 2 aromatic carbocycles. The Bertz CT molecular complexity index is 858. The summed E-state index contributed by atoms with van der Waals surface area (Å²) in [6.45, 7) is -0.409. The smallest absolute Gasteiger partial charge is 0.304 e. The zero-order valence-electron chi connectivity index (χ0n) is 13.6. The van der Waals surface area contributed by atoms with Gasteiger partial charge in [-0.15, -0.1) is 0 Å². The van der Waals surface area contributed by atoms with Gasteiger partial charge in [0, 0.05) is 14.1 Å². The third kappa shape index (κ3) is 4.64. The summed E-state index contributed by atoms with van der Waals surface area (Å²) in [6.07, 6.45) is 0. The lowest BCUT2D eigenvalue weighted by atomic mass is 10.3. The number of carbonyl (C=O) groups is 1. The van der Waals surface area contributed by atoms with E-state index >= 15 is 0 Å². The highest BCUT2D eigenvalue weighted by molar-refractivity contribution is 7.90. The molecule has 2 aromatic rings. The van der Waals surface area contributed by atoms with Crippen molar-refractivity contribution in [3.05, 3.63) is 58.6 Å². The van der Waals surface area contributed by atoms with Gasteiger partial charge >= 0.3 is 10.2 Å². The number of hydrogen-bond donors (Lipinski definition) is 1. The molecule has 0 spiro atoms. The first-order valence-corrected chi connectivity index (χ1v) is 9.38. The van der Waals surface area contributed by atoms with E-state index in [1.807, 2.05) is 0 Å². The van der Waals surface area contributed by atoms with Gasteiger partial charge in [-0.3, -0.25) is 4.79 Å². The van der Waals surface area contributed by atoms with Crippen LogP contribution in [0.1, 0.15) is 0 Å². The van der Waals surface area contributed by atoms with Crippen LogP contribution in [0.3, 0.4) is 0 Å².